The van der Waals surface area contributed by atoms with Crippen molar-refractivity contribution in [2.75, 3.05) is 13.1 Å². The smallest absolute Gasteiger partial charge is 0.229 e. The summed E-state index contributed by atoms with van der Waals surface area (Å²) in [5.41, 5.74) is 1.18. The Morgan fingerprint density at radius 2 is 2.22 bits per heavy atom. The van der Waals surface area contributed by atoms with E-state index in [1.165, 1.54) is 0 Å². The molecule has 0 amide bonds. The average Bonchev–Trinajstić information content (AvgIpc) is 2.87. The number of nitrogens with zero attached hydrogens (tertiary/aromatic N) is 3. The number of fused-ring (bicyclic) bond motifs is 1. The van der Waals surface area contributed by atoms with Gasteiger partial charge in [0.05, 0.1) is 0 Å². The van der Waals surface area contributed by atoms with E-state index in [4.69, 9.17) is 16.3 Å². The number of hydrogen-bond donors (Lipinski definition) is 2. The van der Waals surface area contributed by atoms with E-state index in [2.05, 4.69) is 25.5 Å². The number of nitrogens with one attached hydrogen (secondary N) is 2. The van der Waals surface area contributed by atoms with Crippen LogP contribution in [0.4, 0.5) is 4.39 Å². The van der Waals surface area contributed by atoms with Crippen LogP contribution in [0.5, 0.6) is 5.88 Å². The van der Waals surface area contributed by atoms with Crippen LogP contribution in [-0.2, 0) is 0 Å². The molecule has 0 aromatic carbocycles. The third-order valence-corrected chi connectivity index (χ3v) is 3.05. The molecule has 18 heavy (non-hydrogen) atoms. The van der Waals surface area contributed by atoms with Crippen LogP contribution in [0.2, 0.25) is 5.28 Å². The molecule has 2 N–H and O–H groups in total. The number of alkyl halides is 1. The Bertz CT molecular complexity index is 589. The molecule has 0 unspecified atom stereocenters. The Balaban J connectivity index is 2.02. The highest BCUT2D eigenvalue weighted by atomic mass is 35.5. The molecule has 3 rings (SSSR count). The van der Waals surface area contributed by atoms with E-state index < -0.39 is 12.3 Å². The van der Waals surface area contributed by atoms with E-state index in [1.807, 2.05) is 6.92 Å². The van der Waals surface area contributed by atoms with Crippen LogP contribution in [0.25, 0.3) is 11.0 Å². The molecule has 2 aromatic heterocycles. The first-order chi connectivity index (χ1) is 8.65. The van der Waals surface area contributed by atoms with Gasteiger partial charge in [-0.15, -0.1) is 0 Å². The van der Waals surface area contributed by atoms with Crippen LogP contribution in [-0.4, -0.2) is 45.5 Å². The highest BCUT2D eigenvalue weighted by Gasteiger charge is 2.30. The second kappa shape index (κ2) is 4.33. The summed E-state index contributed by atoms with van der Waals surface area (Å²) in [6, 6.07) is 0. The van der Waals surface area contributed by atoms with E-state index in [0.29, 0.717) is 17.6 Å². The van der Waals surface area contributed by atoms with Crippen LogP contribution < -0.4 is 10.1 Å². The molecule has 96 valence electrons. The fraction of sp³-hybridized carbons (Fsp3) is 0.500. The summed E-state index contributed by atoms with van der Waals surface area (Å²) in [5.74, 6) is 0.271. The summed E-state index contributed by atoms with van der Waals surface area (Å²) in [6.07, 6.45) is -1.62. The third kappa shape index (κ3) is 1.89. The SMILES string of the molecule is Cc1[nH]nc2nc(Cl)nc(O[C@@H]3CNC[C@@H]3F)c12. The Kier molecular flexibility index (Phi) is 2.79. The van der Waals surface area contributed by atoms with E-state index in [-0.39, 0.29) is 17.7 Å². The van der Waals surface area contributed by atoms with Gasteiger partial charge in [0.25, 0.3) is 0 Å². The Morgan fingerprint density at radius 3 is 2.94 bits per heavy atom. The van der Waals surface area contributed by atoms with Crippen molar-refractivity contribution in [1.82, 2.24) is 25.5 Å². The fourth-order valence-electron chi connectivity index (χ4n) is 1.97. The van der Waals surface area contributed by atoms with E-state index in [9.17, 15) is 4.39 Å². The van der Waals surface area contributed by atoms with E-state index in [0.717, 1.165) is 5.69 Å². The highest BCUT2D eigenvalue weighted by molar-refractivity contribution is 6.28. The molecule has 1 fully saturated rings. The van der Waals surface area contributed by atoms with Gasteiger partial charge in [0.15, 0.2) is 11.8 Å². The first-order valence-corrected chi connectivity index (χ1v) is 5.92. The normalized spacial score (nSPS) is 23.7. The predicted octanol–water partition coefficient (Wildman–Crippen LogP) is 1.00. The van der Waals surface area contributed by atoms with Crippen LogP contribution in [0.1, 0.15) is 5.69 Å². The lowest BCUT2D eigenvalue weighted by molar-refractivity contribution is 0.136. The maximum Gasteiger partial charge on any atom is 0.229 e. The largest absolute Gasteiger partial charge is 0.469 e. The van der Waals surface area contributed by atoms with Crippen LogP contribution in [0.3, 0.4) is 0 Å². The van der Waals surface area contributed by atoms with Crippen LogP contribution in [0, 0.1) is 6.92 Å². The van der Waals surface area contributed by atoms with Gasteiger partial charge >= 0.3 is 0 Å². The molecule has 3 heterocycles. The summed E-state index contributed by atoms with van der Waals surface area (Å²) in [5, 5.41) is 10.3. The molecule has 1 aliphatic heterocycles. The maximum atomic E-state index is 13.5. The quantitative estimate of drug-likeness (QED) is 0.797. The lowest BCUT2D eigenvalue weighted by atomic mass is 10.3. The summed E-state index contributed by atoms with van der Waals surface area (Å²) in [4.78, 5) is 7.98. The molecule has 0 spiro atoms. The number of aryl methyl sites for hydroxylation is 1. The molecule has 0 aliphatic carbocycles. The highest BCUT2D eigenvalue weighted by Crippen LogP contribution is 2.27. The Hall–Kier alpha value is -1.47. The molecular weight excluding hydrogens is 261 g/mol. The van der Waals surface area contributed by atoms with Crippen LogP contribution in [0.15, 0.2) is 0 Å². The monoisotopic (exact) mass is 271 g/mol. The number of ether oxygens (including phenoxy) is 1. The van der Waals surface area contributed by atoms with Crippen molar-refractivity contribution in [3.8, 4) is 5.88 Å². The molecule has 1 aliphatic rings. The van der Waals surface area contributed by atoms with E-state index in [1.54, 1.807) is 0 Å². The van der Waals surface area contributed by atoms with Gasteiger partial charge in [-0.05, 0) is 18.5 Å². The van der Waals surface area contributed by atoms with Crippen molar-refractivity contribution in [3.05, 3.63) is 11.0 Å². The summed E-state index contributed by atoms with van der Waals surface area (Å²) in [7, 11) is 0. The van der Waals surface area contributed by atoms with Gasteiger partial charge in [-0.1, -0.05) is 0 Å². The summed E-state index contributed by atoms with van der Waals surface area (Å²) in [6.45, 7) is 2.55. The van der Waals surface area contributed by atoms with Gasteiger partial charge in [0, 0.05) is 18.8 Å². The Labute approximate surface area is 107 Å². The lowest BCUT2D eigenvalue weighted by Crippen LogP contribution is -2.27. The summed E-state index contributed by atoms with van der Waals surface area (Å²) < 4.78 is 19.1. The fourth-order valence-corrected chi connectivity index (χ4v) is 2.13. The van der Waals surface area contributed by atoms with Gasteiger partial charge in [0.1, 0.15) is 11.5 Å². The van der Waals surface area contributed by atoms with Crippen molar-refractivity contribution in [3.63, 3.8) is 0 Å². The minimum Gasteiger partial charge on any atom is -0.469 e. The van der Waals surface area contributed by atoms with Crippen molar-refractivity contribution >= 4 is 22.6 Å². The standard InChI is InChI=1S/C10H11ClFN5O/c1-4-7-8(17-16-4)14-10(11)15-9(7)18-6-3-13-2-5(6)12/h5-6,13H,2-3H2,1H3,(H,14,15,16,17)/t5-,6+/m0/s1. The lowest BCUT2D eigenvalue weighted by Gasteiger charge is -2.14. The number of halogens is 2. The van der Waals surface area contributed by atoms with Gasteiger partial charge in [-0.25, -0.2) is 4.39 Å². The number of H-pyrrole nitrogens is 1. The second-order valence-corrected chi connectivity index (χ2v) is 4.51. The molecule has 0 saturated carbocycles. The maximum absolute atomic E-state index is 13.5. The molecule has 2 atom stereocenters. The molecule has 0 bridgehead atoms. The van der Waals surface area contributed by atoms with Gasteiger partial charge < -0.3 is 10.1 Å². The first-order valence-electron chi connectivity index (χ1n) is 5.55. The number of hydrogen-bond acceptors (Lipinski definition) is 5. The number of rotatable bonds is 2. The molecule has 8 heteroatoms. The van der Waals surface area contributed by atoms with Crippen molar-refractivity contribution in [2.45, 2.75) is 19.2 Å². The molecule has 2 aromatic rings. The third-order valence-electron chi connectivity index (χ3n) is 2.89. The minimum atomic E-state index is -1.05. The second-order valence-electron chi connectivity index (χ2n) is 4.18. The number of aromatic nitrogens is 4. The van der Waals surface area contributed by atoms with Gasteiger partial charge in [0.2, 0.25) is 11.2 Å². The first kappa shape index (κ1) is 11.6. The van der Waals surface area contributed by atoms with Gasteiger partial charge in [-0.2, -0.15) is 15.1 Å². The van der Waals surface area contributed by atoms with Crippen molar-refractivity contribution < 1.29 is 9.13 Å². The van der Waals surface area contributed by atoms with E-state index >= 15 is 0 Å². The molecule has 1 saturated heterocycles. The van der Waals surface area contributed by atoms with Crippen molar-refractivity contribution in [1.29, 1.82) is 0 Å². The summed E-state index contributed by atoms with van der Waals surface area (Å²) >= 11 is 5.79. The zero-order valence-electron chi connectivity index (χ0n) is 9.57. The average molecular weight is 272 g/mol. The predicted molar refractivity (Wildman–Crippen MR) is 63.6 cm³/mol. The molecule has 0 radical (unpaired) electrons. The zero-order chi connectivity index (χ0) is 12.7. The van der Waals surface area contributed by atoms with Crippen LogP contribution >= 0.6 is 11.6 Å². The zero-order valence-corrected chi connectivity index (χ0v) is 10.3. The topological polar surface area (TPSA) is 75.7 Å². The van der Waals surface area contributed by atoms with Gasteiger partial charge in [-0.3, -0.25) is 5.10 Å². The minimum absolute atomic E-state index is 0.0327. The molecular formula is C10H11ClFN5O. The van der Waals surface area contributed by atoms with Crippen molar-refractivity contribution in [2.24, 2.45) is 0 Å². The Morgan fingerprint density at radius 1 is 1.39 bits per heavy atom. The molecule has 6 nitrogen and oxygen atoms in total. The number of aromatic amines is 1.